The van der Waals surface area contributed by atoms with Gasteiger partial charge in [-0.25, -0.2) is 9.18 Å². The third-order valence-electron chi connectivity index (χ3n) is 4.54. The molecule has 7 heteroatoms. The van der Waals surface area contributed by atoms with Gasteiger partial charge in [-0.1, -0.05) is 0 Å². The fourth-order valence-electron chi connectivity index (χ4n) is 3.12. The van der Waals surface area contributed by atoms with Gasteiger partial charge in [0.2, 0.25) is 0 Å². The second-order valence-corrected chi connectivity index (χ2v) is 6.29. The molecule has 2 N–H and O–H groups in total. The summed E-state index contributed by atoms with van der Waals surface area (Å²) in [5.41, 5.74) is 3.02. The number of fused-ring (bicyclic) bond motifs is 1. The first-order valence-electron chi connectivity index (χ1n) is 8.74. The smallest absolute Gasteiger partial charge is 0.337 e. The number of anilines is 2. The summed E-state index contributed by atoms with van der Waals surface area (Å²) in [5.74, 6) is -1.10. The number of nitrogens with zero attached hydrogens (tertiary/aromatic N) is 2. The maximum Gasteiger partial charge on any atom is 0.337 e. The highest BCUT2D eigenvalue weighted by atomic mass is 19.1. The molecule has 0 unspecified atom stereocenters. The van der Waals surface area contributed by atoms with Crippen molar-refractivity contribution in [2.75, 3.05) is 12.4 Å². The SMILES string of the molecule is COc1ccc(Nc2c(-c3ccncc3)cnc3ccc(F)cc23)c(C(=O)O)c1. The molecular weight excluding hydrogens is 373 g/mol. The largest absolute Gasteiger partial charge is 0.497 e. The van der Waals surface area contributed by atoms with E-state index in [-0.39, 0.29) is 5.56 Å². The van der Waals surface area contributed by atoms with Crippen molar-refractivity contribution >= 4 is 28.2 Å². The number of aromatic nitrogens is 2. The van der Waals surface area contributed by atoms with Crippen molar-refractivity contribution in [3.8, 4) is 16.9 Å². The molecule has 0 atom stereocenters. The Labute approximate surface area is 165 Å². The Morgan fingerprint density at radius 3 is 2.62 bits per heavy atom. The van der Waals surface area contributed by atoms with E-state index in [0.717, 1.165) is 5.56 Å². The summed E-state index contributed by atoms with van der Waals surface area (Å²) in [4.78, 5) is 20.2. The van der Waals surface area contributed by atoms with Crippen molar-refractivity contribution in [1.82, 2.24) is 9.97 Å². The standard InChI is InChI=1S/C22H16FN3O3/c1-29-15-3-5-20(17(11-15)22(27)28)26-21-16-10-14(23)2-4-19(16)25-12-18(21)13-6-8-24-9-7-13/h2-12H,1H3,(H,25,26)(H,27,28). The van der Waals surface area contributed by atoms with E-state index in [9.17, 15) is 14.3 Å². The van der Waals surface area contributed by atoms with Crippen LogP contribution in [-0.4, -0.2) is 28.2 Å². The van der Waals surface area contributed by atoms with E-state index in [2.05, 4.69) is 15.3 Å². The quantitative estimate of drug-likeness (QED) is 0.506. The van der Waals surface area contributed by atoms with E-state index in [1.807, 2.05) is 0 Å². The van der Waals surface area contributed by atoms with Gasteiger partial charge in [0, 0.05) is 29.5 Å². The van der Waals surface area contributed by atoms with Crippen LogP contribution >= 0.6 is 0 Å². The Kier molecular flexibility index (Phi) is 4.78. The molecule has 0 saturated heterocycles. The number of rotatable bonds is 5. The lowest BCUT2D eigenvalue weighted by atomic mass is 10.0. The van der Waals surface area contributed by atoms with E-state index in [1.165, 1.54) is 25.3 Å². The van der Waals surface area contributed by atoms with E-state index in [1.54, 1.807) is 48.9 Å². The first kappa shape index (κ1) is 18.4. The number of halogens is 1. The van der Waals surface area contributed by atoms with Crippen LogP contribution in [0.15, 0.2) is 67.1 Å². The molecule has 0 bridgehead atoms. The minimum absolute atomic E-state index is 0.0337. The molecule has 29 heavy (non-hydrogen) atoms. The molecule has 2 heterocycles. The number of ether oxygens (including phenoxy) is 1. The van der Waals surface area contributed by atoms with Gasteiger partial charge >= 0.3 is 5.97 Å². The van der Waals surface area contributed by atoms with E-state index in [0.29, 0.717) is 33.6 Å². The number of carboxylic acids is 1. The summed E-state index contributed by atoms with van der Waals surface area (Å²) in [5, 5.41) is 13.3. The molecule has 2 aromatic heterocycles. The van der Waals surface area contributed by atoms with Crippen molar-refractivity contribution in [1.29, 1.82) is 0 Å². The van der Waals surface area contributed by atoms with E-state index >= 15 is 0 Å². The minimum Gasteiger partial charge on any atom is -0.497 e. The number of nitrogens with one attached hydrogen (secondary N) is 1. The van der Waals surface area contributed by atoms with Crippen LogP contribution in [0.2, 0.25) is 0 Å². The number of carboxylic acid groups (broad SMARTS) is 1. The van der Waals surface area contributed by atoms with Crippen LogP contribution in [0.3, 0.4) is 0 Å². The molecule has 4 aromatic rings. The van der Waals surface area contributed by atoms with Crippen molar-refractivity contribution < 1.29 is 19.0 Å². The lowest BCUT2D eigenvalue weighted by Crippen LogP contribution is -2.05. The van der Waals surface area contributed by atoms with Crippen LogP contribution in [-0.2, 0) is 0 Å². The number of benzene rings is 2. The Morgan fingerprint density at radius 1 is 1.10 bits per heavy atom. The average molecular weight is 389 g/mol. The van der Waals surface area contributed by atoms with Gasteiger partial charge in [0.15, 0.2) is 0 Å². The van der Waals surface area contributed by atoms with Gasteiger partial charge in [-0.15, -0.1) is 0 Å². The fraction of sp³-hybridized carbons (Fsp3) is 0.0455. The van der Waals surface area contributed by atoms with Gasteiger partial charge in [0.25, 0.3) is 0 Å². The van der Waals surface area contributed by atoms with Gasteiger partial charge in [-0.3, -0.25) is 9.97 Å². The first-order valence-corrected chi connectivity index (χ1v) is 8.74. The zero-order valence-electron chi connectivity index (χ0n) is 15.4. The maximum atomic E-state index is 14.0. The second kappa shape index (κ2) is 7.55. The second-order valence-electron chi connectivity index (χ2n) is 6.29. The molecule has 2 aromatic carbocycles. The Morgan fingerprint density at radius 2 is 1.90 bits per heavy atom. The topological polar surface area (TPSA) is 84.3 Å². The van der Waals surface area contributed by atoms with Gasteiger partial charge < -0.3 is 15.2 Å². The molecule has 0 fully saturated rings. The third-order valence-corrected chi connectivity index (χ3v) is 4.54. The van der Waals surface area contributed by atoms with E-state index < -0.39 is 11.8 Å². The molecule has 0 radical (unpaired) electrons. The number of pyridine rings is 2. The van der Waals surface area contributed by atoms with Gasteiger partial charge in [0.1, 0.15) is 11.6 Å². The van der Waals surface area contributed by atoms with Crippen molar-refractivity contribution in [3.05, 3.63) is 78.5 Å². The summed E-state index contributed by atoms with van der Waals surface area (Å²) in [6.07, 6.45) is 4.96. The Hall–Kier alpha value is -4.00. The molecule has 6 nitrogen and oxygen atoms in total. The maximum absolute atomic E-state index is 14.0. The summed E-state index contributed by atoms with van der Waals surface area (Å²) in [6.45, 7) is 0. The lowest BCUT2D eigenvalue weighted by molar-refractivity contribution is 0.0697. The van der Waals surface area contributed by atoms with Gasteiger partial charge in [-0.05, 0) is 54.1 Å². The van der Waals surface area contributed by atoms with Gasteiger partial charge in [-0.2, -0.15) is 0 Å². The number of hydrogen-bond donors (Lipinski definition) is 2. The average Bonchev–Trinajstić information content (AvgIpc) is 2.74. The lowest BCUT2D eigenvalue weighted by Gasteiger charge is -2.17. The Bertz CT molecular complexity index is 1210. The van der Waals surface area contributed by atoms with Crippen LogP contribution < -0.4 is 10.1 Å². The number of carbonyl (C=O) groups is 1. The third kappa shape index (κ3) is 3.58. The summed E-state index contributed by atoms with van der Waals surface area (Å²) in [6, 6.07) is 12.6. The van der Waals surface area contributed by atoms with Crippen LogP contribution in [0.5, 0.6) is 5.75 Å². The Balaban J connectivity index is 1.95. The predicted octanol–water partition coefficient (Wildman–Crippen LogP) is 4.89. The van der Waals surface area contributed by atoms with Crippen LogP contribution in [0.4, 0.5) is 15.8 Å². The van der Waals surface area contributed by atoms with Crippen LogP contribution in [0, 0.1) is 5.82 Å². The predicted molar refractivity (Wildman–Crippen MR) is 108 cm³/mol. The first-order chi connectivity index (χ1) is 14.1. The highest BCUT2D eigenvalue weighted by Crippen LogP contribution is 2.37. The fourth-order valence-corrected chi connectivity index (χ4v) is 3.12. The zero-order valence-corrected chi connectivity index (χ0v) is 15.4. The highest BCUT2D eigenvalue weighted by molar-refractivity contribution is 6.03. The molecule has 0 aliphatic rings. The molecular formula is C22H16FN3O3. The molecule has 0 spiro atoms. The summed E-state index contributed by atoms with van der Waals surface area (Å²) >= 11 is 0. The van der Waals surface area contributed by atoms with Gasteiger partial charge in [0.05, 0.1) is 29.6 Å². The molecule has 0 saturated carbocycles. The van der Waals surface area contributed by atoms with Crippen LogP contribution in [0.1, 0.15) is 10.4 Å². The molecule has 0 aliphatic carbocycles. The highest BCUT2D eigenvalue weighted by Gasteiger charge is 2.17. The number of hydrogen-bond acceptors (Lipinski definition) is 5. The number of aromatic carboxylic acids is 1. The van der Waals surface area contributed by atoms with E-state index in [4.69, 9.17) is 4.74 Å². The van der Waals surface area contributed by atoms with Crippen molar-refractivity contribution in [2.24, 2.45) is 0 Å². The summed E-state index contributed by atoms with van der Waals surface area (Å²) < 4.78 is 19.2. The molecule has 144 valence electrons. The molecule has 0 amide bonds. The minimum atomic E-state index is -1.11. The van der Waals surface area contributed by atoms with Crippen molar-refractivity contribution in [2.45, 2.75) is 0 Å². The zero-order chi connectivity index (χ0) is 20.4. The number of methoxy groups -OCH3 is 1. The van der Waals surface area contributed by atoms with Crippen molar-refractivity contribution in [3.63, 3.8) is 0 Å². The monoisotopic (exact) mass is 389 g/mol. The van der Waals surface area contributed by atoms with Crippen LogP contribution in [0.25, 0.3) is 22.0 Å². The normalized spacial score (nSPS) is 10.7. The molecule has 4 rings (SSSR count). The molecule has 0 aliphatic heterocycles. The summed E-state index contributed by atoms with van der Waals surface area (Å²) in [7, 11) is 1.47.